The van der Waals surface area contributed by atoms with Gasteiger partial charge in [0.1, 0.15) is 0 Å². The molecule has 0 unspecified atom stereocenters. The van der Waals surface area contributed by atoms with Crippen molar-refractivity contribution in [3.63, 3.8) is 0 Å². The van der Waals surface area contributed by atoms with Gasteiger partial charge in [-0.2, -0.15) is 0 Å². The molecule has 0 spiro atoms. The number of carboxylic acids is 1. The standard InChI is InChI=1S/C11H13NO2/c13-11(14)6-8-12-7-5-9-3-1-2-4-10(9)12/h1-4H,5-8H2,(H,13,14)/p-1. The second kappa shape index (κ2) is 3.70. The number of hydrogen-bond acceptors (Lipinski definition) is 3. The summed E-state index contributed by atoms with van der Waals surface area (Å²) in [7, 11) is 0. The van der Waals surface area contributed by atoms with Crippen LogP contribution in [0.2, 0.25) is 0 Å². The molecule has 0 aliphatic carbocycles. The molecule has 1 aliphatic heterocycles. The van der Waals surface area contributed by atoms with E-state index in [2.05, 4.69) is 11.0 Å². The summed E-state index contributed by atoms with van der Waals surface area (Å²) in [6.07, 6.45) is 1.12. The fourth-order valence-corrected chi connectivity index (χ4v) is 1.87. The summed E-state index contributed by atoms with van der Waals surface area (Å²) in [4.78, 5) is 12.4. The number of carbonyl (C=O) groups is 1. The molecule has 0 atom stereocenters. The first-order valence-corrected chi connectivity index (χ1v) is 4.80. The van der Waals surface area contributed by atoms with Crippen LogP contribution >= 0.6 is 0 Å². The lowest BCUT2D eigenvalue weighted by atomic mass is 10.2. The van der Waals surface area contributed by atoms with Gasteiger partial charge in [0.2, 0.25) is 0 Å². The molecular weight excluding hydrogens is 178 g/mol. The van der Waals surface area contributed by atoms with Crippen LogP contribution in [0.15, 0.2) is 24.3 Å². The van der Waals surface area contributed by atoms with E-state index in [0.717, 1.165) is 13.0 Å². The van der Waals surface area contributed by atoms with E-state index in [4.69, 9.17) is 0 Å². The second-order valence-corrected chi connectivity index (χ2v) is 3.49. The third-order valence-electron chi connectivity index (χ3n) is 2.57. The Labute approximate surface area is 83.0 Å². The molecule has 1 aromatic carbocycles. The third-order valence-corrected chi connectivity index (χ3v) is 2.57. The SMILES string of the molecule is O=C([O-])CCN1CCc2ccccc21. The van der Waals surface area contributed by atoms with Crippen molar-refractivity contribution in [1.82, 2.24) is 0 Å². The Hall–Kier alpha value is -1.51. The second-order valence-electron chi connectivity index (χ2n) is 3.49. The van der Waals surface area contributed by atoms with Crippen molar-refractivity contribution in [3.8, 4) is 0 Å². The monoisotopic (exact) mass is 190 g/mol. The zero-order valence-corrected chi connectivity index (χ0v) is 7.90. The minimum absolute atomic E-state index is 0.105. The van der Waals surface area contributed by atoms with Gasteiger partial charge in [0, 0.05) is 31.2 Å². The minimum atomic E-state index is -0.977. The van der Waals surface area contributed by atoms with Crippen LogP contribution in [0.1, 0.15) is 12.0 Å². The van der Waals surface area contributed by atoms with Crippen molar-refractivity contribution in [2.45, 2.75) is 12.8 Å². The first kappa shape index (κ1) is 9.06. The van der Waals surface area contributed by atoms with Crippen molar-refractivity contribution < 1.29 is 9.90 Å². The highest BCUT2D eigenvalue weighted by Gasteiger charge is 2.17. The molecule has 0 saturated carbocycles. The maximum atomic E-state index is 10.3. The number of carbonyl (C=O) groups excluding carboxylic acids is 1. The van der Waals surface area contributed by atoms with Gasteiger partial charge in [-0.05, 0) is 18.1 Å². The summed E-state index contributed by atoms with van der Waals surface area (Å²) in [5, 5.41) is 10.3. The molecule has 1 aliphatic rings. The van der Waals surface area contributed by atoms with Crippen LogP contribution < -0.4 is 10.0 Å². The van der Waals surface area contributed by atoms with E-state index in [1.54, 1.807) is 0 Å². The van der Waals surface area contributed by atoms with Gasteiger partial charge < -0.3 is 14.8 Å². The van der Waals surface area contributed by atoms with Gasteiger partial charge in [-0.15, -0.1) is 0 Å². The highest BCUT2D eigenvalue weighted by atomic mass is 16.4. The predicted molar refractivity (Wildman–Crippen MR) is 52.0 cm³/mol. The Morgan fingerprint density at radius 3 is 3.00 bits per heavy atom. The average Bonchev–Trinajstić information content (AvgIpc) is 2.58. The first-order chi connectivity index (χ1) is 6.77. The Balaban J connectivity index is 2.07. The topological polar surface area (TPSA) is 43.4 Å². The summed E-state index contributed by atoms with van der Waals surface area (Å²) in [5.74, 6) is -0.977. The summed E-state index contributed by atoms with van der Waals surface area (Å²) >= 11 is 0. The summed E-state index contributed by atoms with van der Waals surface area (Å²) in [6, 6.07) is 8.13. The van der Waals surface area contributed by atoms with E-state index in [1.165, 1.54) is 11.3 Å². The zero-order valence-electron chi connectivity index (χ0n) is 7.90. The van der Waals surface area contributed by atoms with Crippen molar-refractivity contribution in [2.75, 3.05) is 18.0 Å². The van der Waals surface area contributed by atoms with E-state index in [9.17, 15) is 9.90 Å². The van der Waals surface area contributed by atoms with E-state index in [0.29, 0.717) is 6.54 Å². The van der Waals surface area contributed by atoms with Crippen LogP contribution in [0, 0.1) is 0 Å². The van der Waals surface area contributed by atoms with Crippen molar-refractivity contribution >= 4 is 11.7 Å². The van der Waals surface area contributed by atoms with Crippen LogP contribution in [-0.2, 0) is 11.2 Å². The molecule has 0 bridgehead atoms. The Kier molecular flexibility index (Phi) is 2.39. The lowest BCUT2D eigenvalue weighted by Crippen LogP contribution is -2.30. The number of fused-ring (bicyclic) bond motifs is 1. The van der Waals surface area contributed by atoms with Gasteiger partial charge in [0.25, 0.3) is 0 Å². The molecule has 0 fully saturated rings. The smallest absolute Gasteiger partial charge is 0.0431 e. The summed E-state index contributed by atoms with van der Waals surface area (Å²) in [5.41, 5.74) is 2.49. The number of hydrogen-bond donors (Lipinski definition) is 0. The highest BCUT2D eigenvalue weighted by molar-refractivity contribution is 5.66. The lowest BCUT2D eigenvalue weighted by Gasteiger charge is -2.19. The predicted octanol–water partition coefficient (Wildman–Crippen LogP) is 0.189. The van der Waals surface area contributed by atoms with Crippen molar-refractivity contribution in [1.29, 1.82) is 0 Å². The molecule has 0 amide bonds. The fourth-order valence-electron chi connectivity index (χ4n) is 1.87. The molecule has 0 aromatic heterocycles. The number of nitrogens with zero attached hydrogens (tertiary/aromatic N) is 1. The van der Waals surface area contributed by atoms with Crippen LogP contribution in [0.3, 0.4) is 0 Å². The highest BCUT2D eigenvalue weighted by Crippen LogP contribution is 2.26. The molecule has 74 valence electrons. The van der Waals surface area contributed by atoms with Gasteiger partial charge in [0.15, 0.2) is 0 Å². The van der Waals surface area contributed by atoms with E-state index >= 15 is 0 Å². The van der Waals surface area contributed by atoms with Crippen molar-refractivity contribution in [3.05, 3.63) is 29.8 Å². The maximum absolute atomic E-state index is 10.3. The summed E-state index contributed by atoms with van der Waals surface area (Å²) < 4.78 is 0. The minimum Gasteiger partial charge on any atom is -0.550 e. The number of aliphatic carboxylic acids is 1. The molecule has 2 rings (SSSR count). The van der Waals surface area contributed by atoms with Gasteiger partial charge in [-0.1, -0.05) is 18.2 Å². The molecule has 0 radical (unpaired) electrons. The molecular formula is C11H12NO2-. The third kappa shape index (κ3) is 1.71. The largest absolute Gasteiger partial charge is 0.550 e. The molecule has 0 saturated heterocycles. The fraction of sp³-hybridized carbons (Fsp3) is 0.364. The molecule has 3 nitrogen and oxygen atoms in total. The number of rotatable bonds is 3. The van der Waals surface area contributed by atoms with E-state index in [-0.39, 0.29) is 6.42 Å². The Morgan fingerprint density at radius 2 is 2.21 bits per heavy atom. The van der Waals surface area contributed by atoms with Crippen molar-refractivity contribution in [2.24, 2.45) is 0 Å². The maximum Gasteiger partial charge on any atom is 0.0431 e. The number of anilines is 1. The quantitative estimate of drug-likeness (QED) is 0.683. The van der Waals surface area contributed by atoms with E-state index in [1.807, 2.05) is 18.2 Å². The van der Waals surface area contributed by atoms with Gasteiger partial charge in [0.05, 0.1) is 0 Å². The number of para-hydroxylation sites is 1. The molecule has 0 N–H and O–H groups in total. The Bertz CT molecular complexity index is 349. The van der Waals surface area contributed by atoms with E-state index < -0.39 is 5.97 Å². The van der Waals surface area contributed by atoms with Gasteiger partial charge in [-0.25, -0.2) is 0 Å². The van der Waals surface area contributed by atoms with Gasteiger partial charge in [-0.3, -0.25) is 0 Å². The first-order valence-electron chi connectivity index (χ1n) is 4.80. The molecule has 1 aromatic rings. The summed E-state index contributed by atoms with van der Waals surface area (Å²) in [6.45, 7) is 1.48. The Morgan fingerprint density at radius 1 is 1.43 bits per heavy atom. The number of benzene rings is 1. The van der Waals surface area contributed by atoms with Crippen LogP contribution in [-0.4, -0.2) is 19.1 Å². The average molecular weight is 190 g/mol. The van der Waals surface area contributed by atoms with Gasteiger partial charge >= 0.3 is 0 Å². The zero-order chi connectivity index (χ0) is 9.97. The molecule has 1 heterocycles. The lowest BCUT2D eigenvalue weighted by molar-refractivity contribution is -0.305. The number of carboxylic acid groups (broad SMARTS) is 1. The molecule has 14 heavy (non-hydrogen) atoms. The van der Waals surface area contributed by atoms with Crippen LogP contribution in [0.4, 0.5) is 5.69 Å². The molecule has 3 heteroatoms. The van der Waals surface area contributed by atoms with Crippen LogP contribution in [0.25, 0.3) is 0 Å². The normalized spacial score (nSPS) is 14.1. The van der Waals surface area contributed by atoms with Crippen LogP contribution in [0.5, 0.6) is 0 Å².